The van der Waals surface area contributed by atoms with Crippen LogP contribution in [0.3, 0.4) is 0 Å². The van der Waals surface area contributed by atoms with Gasteiger partial charge in [0.05, 0.1) is 11.8 Å². The molecule has 0 radical (unpaired) electrons. The van der Waals surface area contributed by atoms with E-state index in [1.165, 1.54) is 6.07 Å². The van der Waals surface area contributed by atoms with Gasteiger partial charge >= 0.3 is 0 Å². The number of halogens is 1. The number of aromatic amines is 1. The van der Waals surface area contributed by atoms with Gasteiger partial charge in [-0.2, -0.15) is 5.10 Å². The third kappa shape index (κ3) is 1.84. The van der Waals surface area contributed by atoms with Crippen LogP contribution in [0.25, 0.3) is 23.0 Å². The first-order chi connectivity index (χ1) is 8.74. The molecule has 3 rings (SSSR count). The van der Waals surface area contributed by atoms with Gasteiger partial charge in [0.1, 0.15) is 5.75 Å². The van der Waals surface area contributed by atoms with E-state index in [0.717, 1.165) is 0 Å². The highest BCUT2D eigenvalue weighted by atomic mass is 35.5. The summed E-state index contributed by atoms with van der Waals surface area (Å²) < 4.78 is 5.20. The molecule has 0 saturated heterocycles. The van der Waals surface area contributed by atoms with Gasteiger partial charge in [0, 0.05) is 5.02 Å². The molecule has 0 atom stereocenters. The summed E-state index contributed by atoms with van der Waals surface area (Å²) in [6.45, 7) is 0. The van der Waals surface area contributed by atoms with Crippen LogP contribution in [-0.2, 0) is 0 Å². The molecule has 2 aromatic heterocycles. The third-order valence-electron chi connectivity index (χ3n) is 2.44. The molecule has 0 saturated carbocycles. The lowest BCUT2D eigenvalue weighted by molar-refractivity contribution is 0.477. The Kier molecular flexibility index (Phi) is 2.53. The van der Waals surface area contributed by atoms with Crippen LogP contribution in [0.2, 0.25) is 5.02 Å². The second kappa shape index (κ2) is 4.19. The molecule has 0 unspecified atom stereocenters. The number of hydrogen-bond donors (Lipinski definition) is 2. The lowest BCUT2D eigenvalue weighted by atomic mass is 10.2. The first-order valence-electron chi connectivity index (χ1n) is 5.19. The second-order valence-electron chi connectivity index (χ2n) is 3.65. The quantitative estimate of drug-likeness (QED) is 0.743. The molecule has 6 heteroatoms. The number of nitrogens with one attached hydrogen (secondary N) is 1. The summed E-state index contributed by atoms with van der Waals surface area (Å²) in [5.74, 6) is 1.51. The number of aromatic nitrogens is 3. The first-order valence-corrected chi connectivity index (χ1v) is 5.57. The average Bonchev–Trinajstić information content (AvgIpc) is 3.00. The molecule has 0 aliphatic carbocycles. The molecule has 0 amide bonds. The molecule has 18 heavy (non-hydrogen) atoms. The standard InChI is InChI=1S/C12H8ClN3O2/c13-7-3-4-9(17)8(6-7)11-14-12(16-15-11)10-2-1-5-18-10/h1-6,17H,(H,14,15,16). The Hall–Kier alpha value is -2.27. The molecule has 1 aromatic carbocycles. The fraction of sp³-hybridized carbons (Fsp3) is 0. The van der Waals surface area contributed by atoms with Crippen molar-refractivity contribution in [3.05, 3.63) is 41.6 Å². The van der Waals surface area contributed by atoms with Gasteiger partial charge in [0.15, 0.2) is 17.4 Å². The van der Waals surface area contributed by atoms with Crippen LogP contribution in [0.4, 0.5) is 0 Å². The van der Waals surface area contributed by atoms with E-state index in [2.05, 4.69) is 15.2 Å². The van der Waals surface area contributed by atoms with Crippen LogP contribution >= 0.6 is 11.6 Å². The van der Waals surface area contributed by atoms with E-state index in [9.17, 15) is 5.11 Å². The van der Waals surface area contributed by atoms with Gasteiger partial charge in [-0.3, -0.25) is 5.10 Å². The SMILES string of the molecule is Oc1ccc(Cl)cc1-c1n[nH]c(-c2ccco2)n1. The van der Waals surface area contributed by atoms with Crippen molar-refractivity contribution in [1.29, 1.82) is 0 Å². The summed E-state index contributed by atoms with van der Waals surface area (Å²) in [4.78, 5) is 4.25. The van der Waals surface area contributed by atoms with E-state index in [1.807, 2.05) is 0 Å². The molecule has 3 aromatic rings. The van der Waals surface area contributed by atoms with E-state index in [0.29, 0.717) is 28.0 Å². The van der Waals surface area contributed by atoms with E-state index in [4.69, 9.17) is 16.0 Å². The van der Waals surface area contributed by atoms with Crippen molar-refractivity contribution in [2.75, 3.05) is 0 Å². The molecule has 2 N–H and O–H groups in total. The number of hydrogen-bond acceptors (Lipinski definition) is 4. The summed E-state index contributed by atoms with van der Waals surface area (Å²) in [5, 5.41) is 17.0. The Morgan fingerprint density at radius 1 is 1.28 bits per heavy atom. The number of benzene rings is 1. The summed E-state index contributed by atoms with van der Waals surface area (Å²) in [6, 6.07) is 8.23. The van der Waals surface area contributed by atoms with Gasteiger partial charge in [0.25, 0.3) is 0 Å². The van der Waals surface area contributed by atoms with Gasteiger partial charge in [0.2, 0.25) is 0 Å². The Morgan fingerprint density at radius 3 is 2.94 bits per heavy atom. The predicted molar refractivity (Wildman–Crippen MR) is 66.2 cm³/mol. The summed E-state index contributed by atoms with van der Waals surface area (Å²) in [5.41, 5.74) is 0.469. The van der Waals surface area contributed by atoms with Gasteiger partial charge in [-0.25, -0.2) is 4.98 Å². The van der Waals surface area contributed by atoms with Crippen LogP contribution in [0.5, 0.6) is 5.75 Å². The van der Waals surface area contributed by atoms with E-state index in [1.54, 1.807) is 30.5 Å². The lowest BCUT2D eigenvalue weighted by Crippen LogP contribution is -1.82. The van der Waals surface area contributed by atoms with Gasteiger partial charge < -0.3 is 9.52 Å². The van der Waals surface area contributed by atoms with Crippen LogP contribution in [-0.4, -0.2) is 20.3 Å². The first kappa shape index (κ1) is 10.9. The molecule has 0 aliphatic rings. The fourth-order valence-electron chi connectivity index (χ4n) is 1.59. The minimum Gasteiger partial charge on any atom is -0.507 e. The molecule has 2 heterocycles. The number of phenolic OH excluding ortho intramolecular Hbond substituents is 1. The molecule has 0 fully saturated rings. The smallest absolute Gasteiger partial charge is 0.192 e. The normalized spacial score (nSPS) is 10.7. The maximum atomic E-state index is 9.75. The van der Waals surface area contributed by atoms with Crippen LogP contribution in [0.1, 0.15) is 0 Å². The van der Waals surface area contributed by atoms with Crippen molar-refractivity contribution in [2.45, 2.75) is 0 Å². The van der Waals surface area contributed by atoms with Crippen molar-refractivity contribution >= 4 is 11.6 Å². The molecule has 0 spiro atoms. The second-order valence-corrected chi connectivity index (χ2v) is 4.08. The fourth-order valence-corrected chi connectivity index (χ4v) is 1.77. The Morgan fingerprint density at radius 2 is 2.17 bits per heavy atom. The zero-order valence-electron chi connectivity index (χ0n) is 9.09. The predicted octanol–water partition coefficient (Wildman–Crippen LogP) is 3.09. The van der Waals surface area contributed by atoms with Crippen LogP contribution < -0.4 is 0 Å². The van der Waals surface area contributed by atoms with E-state index >= 15 is 0 Å². The molecule has 5 nitrogen and oxygen atoms in total. The summed E-state index contributed by atoms with van der Waals surface area (Å²) in [7, 11) is 0. The van der Waals surface area contributed by atoms with E-state index in [-0.39, 0.29) is 5.75 Å². The molecular weight excluding hydrogens is 254 g/mol. The van der Waals surface area contributed by atoms with Gasteiger partial charge in [-0.15, -0.1) is 0 Å². The third-order valence-corrected chi connectivity index (χ3v) is 2.67. The van der Waals surface area contributed by atoms with Crippen molar-refractivity contribution in [3.8, 4) is 28.7 Å². The maximum Gasteiger partial charge on any atom is 0.192 e. The topological polar surface area (TPSA) is 74.9 Å². The van der Waals surface area contributed by atoms with E-state index < -0.39 is 0 Å². The zero-order valence-corrected chi connectivity index (χ0v) is 9.85. The summed E-state index contributed by atoms with van der Waals surface area (Å²) in [6.07, 6.45) is 1.55. The van der Waals surface area contributed by atoms with Crippen molar-refractivity contribution in [3.63, 3.8) is 0 Å². The largest absolute Gasteiger partial charge is 0.507 e. The Labute approximate surface area is 107 Å². The molecular formula is C12H8ClN3O2. The highest BCUT2D eigenvalue weighted by molar-refractivity contribution is 6.30. The zero-order chi connectivity index (χ0) is 12.5. The highest BCUT2D eigenvalue weighted by Crippen LogP contribution is 2.30. The van der Waals surface area contributed by atoms with Gasteiger partial charge in [-0.05, 0) is 30.3 Å². The molecule has 0 bridgehead atoms. The van der Waals surface area contributed by atoms with Crippen LogP contribution in [0, 0.1) is 0 Å². The Bertz CT molecular complexity index is 676. The number of furan rings is 1. The minimum atomic E-state index is 0.0735. The number of aromatic hydroxyl groups is 1. The van der Waals surface area contributed by atoms with Crippen molar-refractivity contribution in [1.82, 2.24) is 15.2 Å². The van der Waals surface area contributed by atoms with Crippen molar-refractivity contribution < 1.29 is 9.52 Å². The Balaban J connectivity index is 2.05. The number of phenols is 1. The number of nitrogens with zero attached hydrogens (tertiary/aromatic N) is 2. The summed E-state index contributed by atoms with van der Waals surface area (Å²) >= 11 is 5.88. The molecule has 0 aliphatic heterocycles. The number of rotatable bonds is 2. The lowest BCUT2D eigenvalue weighted by Gasteiger charge is -1.99. The van der Waals surface area contributed by atoms with Crippen LogP contribution in [0.15, 0.2) is 41.0 Å². The monoisotopic (exact) mass is 261 g/mol. The average molecular weight is 262 g/mol. The highest BCUT2D eigenvalue weighted by Gasteiger charge is 2.13. The van der Waals surface area contributed by atoms with Gasteiger partial charge in [-0.1, -0.05) is 11.6 Å². The number of H-pyrrole nitrogens is 1. The maximum absolute atomic E-state index is 9.75. The van der Waals surface area contributed by atoms with Crippen molar-refractivity contribution in [2.24, 2.45) is 0 Å². The minimum absolute atomic E-state index is 0.0735. The molecule has 90 valence electrons.